The lowest BCUT2D eigenvalue weighted by Crippen LogP contribution is -2.43. The van der Waals surface area contributed by atoms with E-state index in [-0.39, 0.29) is 5.91 Å². The first-order chi connectivity index (χ1) is 8.63. The predicted octanol–water partition coefficient (Wildman–Crippen LogP) is 5.07. The van der Waals surface area contributed by atoms with Crippen molar-refractivity contribution in [2.45, 2.75) is 45.1 Å². The van der Waals surface area contributed by atoms with Crippen molar-refractivity contribution >= 4 is 49.1 Å². The quantitative estimate of drug-likeness (QED) is 0.700. The van der Waals surface area contributed by atoms with Crippen molar-refractivity contribution in [3.05, 3.63) is 19.2 Å². The minimum Gasteiger partial charge on any atom is -0.335 e. The standard InChI is InChI=1S/C13H17Br2NOS/c1-2-5-9-6-3-4-7-16(9)13(17)11-8-10(14)12(15)18-11/h8-9H,2-7H2,1H3. The fraction of sp³-hybridized carbons (Fsp3) is 0.615. The maximum absolute atomic E-state index is 12.5. The molecule has 1 saturated heterocycles. The summed E-state index contributed by atoms with van der Waals surface area (Å²) < 4.78 is 1.97. The fourth-order valence-electron chi connectivity index (χ4n) is 2.49. The van der Waals surface area contributed by atoms with Gasteiger partial charge in [0.25, 0.3) is 5.91 Å². The number of amides is 1. The molecule has 0 radical (unpaired) electrons. The molecule has 2 nitrogen and oxygen atoms in total. The molecule has 0 saturated carbocycles. The summed E-state index contributed by atoms with van der Waals surface area (Å²) in [5, 5.41) is 0. The van der Waals surface area contributed by atoms with E-state index in [2.05, 4.69) is 43.7 Å². The lowest BCUT2D eigenvalue weighted by molar-refractivity contribution is 0.0605. The van der Waals surface area contributed by atoms with E-state index in [1.807, 2.05) is 6.07 Å². The van der Waals surface area contributed by atoms with Crippen LogP contribution in [0.15, 0.2) is 14.3 Å². The van der Waals surface area contributed by atoms with Crippen LogP contribution in [-0.2, 0) is 0 Å². The van der Waals surface area contributed by atoms with Crippen molar-refractivity contribution < 1.29 is 4.79 Å². The van der Waals surface area contributed by atoms with Crippen LogP contribution >= 0.6 is 43.2 Å². The van der Waals surface area contributed by atoms with Crippen LogP contribution in [0.2, 0.25) is 0 Å². The molecule has 1 aromatic heterocycles. The second-order valence-corrected chi connectivity index (χ2v) is 7.89. The van der Waals surface area contributed by atoms with Gasteiger partial charge >= 0.3 is 0 Å². The van der Waals surface area contributed by atoms with E-state index in [4.69, 9.17) is 0 Å². The zero-order valence-electron chi connectivity index (χ0n) is 10.4. The van der Waals surface area contributed by atoms with Crippen LogP contribution in [0, 0.1) is 0 Å². The molecule has 0 N–H and O–H groups in total. The molecule has 1 aliphatic rings. The highest BCUT2D eigenvalue weighted by Gasteiger charge is 2.28. The number of halogens is 2. The first-order valence-electron chi connectivity index (χ1n) is 6.39. The lowest BCUT2D eigenvalue weighted by Gasteiger charge is -2.35. The highest BCUT2D eigenvalue weighted by Crippen LogP contribution is 2.34. The van der Waals surface area contributed by atoms with Crippen molar-refractivity contribution in [3.63, 3.8) is 0 Å². The van der Waals surface area contributed by atoms with E-state index >= 15 is 0 Å². The van der Waals surface area contributed by atoms with Gasteiger partial charge < -0.3 is 4.90 Å². The minimum absolute atomic E-state index is 0.199. The highest BCUT2D eigenvalue weighted by molar-refractivity contribution is 9.13. The summed E-state index contributed by atoms with van der Waals surface area (Å²) in [6.07, 6.45) is 5.82. The molecule has 1 unspecified atom stereocenters. The van der Waals surface area contributed by atoms with E-state index in [0.717, 1.165) is 45.4 Å². The summed E-state index contributed by atoms with van der Waals surface area (Å²) in [7, 11) is 0. The predicted molar refractivity (Wildman–Crippen MR) is 83.3 cm³/mol. The maximum atomic E-state index is 12.5. The lowest BCUT2D eigenvalue weighted by atomic mass is 9.98. The Morgan fingerprint density at radius 1 is 1.50 bits per heavy atom. The molecule has 0 spiro atoms. The van der Waals surface area contributed by atoms with Gasteiger partial charge in [-0.15, -0.1) is 11.3 Å². The largest absolute Gasteiger partial charge is 0.335 e. The normalized spacial score (nSPS) is 20.2. The molecule has 0 aliphatic carbocycles. The summed E-state index contributed by atoms with van der Waals surface area (Å²) >= 11 is 8.42. The molecule has 0 bridgehead atoms. The Kier molecular flexibility index (Phi) is 5.27. The Morgan fingerprint density at radius 2 is 2.28 bits per heavy atom. The van der Waals surface area contributed by atoms with E-state index in [9.17, 15) is 4.79 Å². The average molecular weight is 395 g/mol. The summed E-state index contributed by atoms with van der Waals surface area (Å²) in [4.78, 5) is 15.5. The second-order valence-electron chi connectivity index (χ2n) is 4.67. The molecular formula is C13H17Br2NOS. The van der Waals surface area contributed by atoms with Crippen molar-refractivity contribution in [1.29, 1.82) is 0 Å². The first kappa shape index (κ1) is 14.5. The van der Waals surface area contributed by atoms with Crippen molar-refractivity contribution in [3.8, 4) is 0 Å². The third kappa shape index (κ3) is 3.17. The first-order valence-corrected chi connectivity index (χ1v) is 8.79. The number of hydrogen-bond acceptors (Lipinski definition) is 2. The molecule has 100 valence electrons. The number of rotatable bonds is 3. The second kappa shape index (κ2) is 6.53. The number of piperidine rings is 1. The molecular weight excluding hydrogens is 378 g/mol. The van der Waals surface area contributed by atoms with Crippen LogP contribution in [0.4, 0.5) is 0 Å². The number of thiophene rings is 1. The van der Waals surface area contributed by atoms with Gasteiger partial charge in [0, 0.05) is 17.1 Å². The molecule has 1 aliphatic heterocycles. The van der Waals surface area contributed by atoms with E-state index in [1.165, 1.54) is 17.8 Å². The van der Waals surface area contributed by atoms with Gasteiger partial charge in [-0.1, -0.05) is 13.3 Å². The Labute approximate surface area is 129 Å². The van der Waals surface area contributed by atoms with Gasteiger partial charge in [0.1, 0.15) is 0 Å². The fourth-order valence-corrected chi connectivity index (χ4v) is 4.49. The van der Waals surface area contributed by atoms with Crippen LogP contribution in [-0.4, -0.2) is 23.4 Å². The van der Waals surface area contributed by atoms with Crippen molar-refractivity contribution in [1.82, 2.24) is 4.90 Å². The molecule has 18 heavy (non-hydrogen) atoms. The number of likely N-dealkylation sites (tertiary alicyclic amines) is 1. The Balaban J connectivity index is 2.15. The third-order valence-corrected chi connectivity index (χ3v) is 6.61. The number of carbonyl (C=O) groups excluding carboxylic acids is 1. The topological polar surface area (TPSA) is 20.3 Å². The van der Waals surface area contributed by atoms with Crippen LogP contribution in [0.3, 0.4) is 0 Å². The minimum atomic E-state index is 0.199. The maximum Gasteiger partial charge on any atom is 0.264 e. The molecule has 0 aromatic carbocycles. The summed E-state index contributed by atoms with van der Waals surface area (Å²) in [5.41, 5.74) is 0. The average Bonchev–Trinajstić information content (AvgIpc) is 2.70. The number of hydrogen-bond donors (Lipinski definition) is 0. The van der Waals surface area contributed by atoms with Gasteiger partial charge in [-0.05, 0) is 63.6 Å². The van der Waals surface area contributed by atoms with Crippen LogP contribution < -0.4 is 0 Å². The van der Waals surface area contributed by atoms with E-state index in [0.29, 0.717) is 6.04 Å². The molecule has 2 heterocycles. The van der Waals surface area contributed by atoms with Gasteiger partial charge in [-0.3, -0.25) is 4.79 Å². The number of carbonyl (C=O) groups is 1. The van der Waals surface area contributed by atoms with Gasteiger partial charge in [0.05, 0.1) is 8.66 Å². The molecule has 1 atom stereocenters. The Hall–Kier alpha value is 0.130. The van der Waals surface area contributed by atoms with Crippen LogP contribution in [0.1, 0.15) is 48.7 Å². The van der Waals surface area contributed by atoms with Crippen molar-refractivity contribution in [2.75, 3.05) is 6.54 Å². The third-order valence-electron chi connectivity index (χ3n) is 3.37. The zero-order valence-corrected chi connectivity index (χ0v) is 14.4. The van der Waals surface area contributed by atoms with Gasteiger partial charge in [-0.25, -0.2) is 0 Å². The summed E-state index contributed by atoms with van der Waals surface area (Å²) in [6.45, 7) is 3.10. The van der Waals surface area contributed by atoms with E-state index in [1.54, 1.807) is 0 Å². The highest BCUT2D eigenvalue weighted by atomic mass is 79.9. The van der Waals surface area contributed by atoms with Gasteiger partial charge in [-0.2, -0.15) is 0 Å². The Morgan fingerprint density at radius 3 is 2.89 bits per heavy atom. The van der Waals surface area contributed by atoms with Gasteiger partial charge in [0.2, 0.25) is 0 Å². The van der Waals surface area contributed by atoms with Crippen LogP contribution in [0.25, 0.3) is 0 Å². The molecule has 1 aromatic rings. The molecule has 1 amide bonds. The smallest absolute Gasteiger partial charge is 0.264 e. The summed E-state index contributed by atoms with van der Waals surface area (Å²) in [5.74, 6) is 0.199. The van der Waals surface area contributed by atoms with Crippen molar-refractivity contribution in [2.24, 2.45) is 0 Å². The molecule has 1 fully saturated rings. The van der Waals surface area contributed by atoms with Gasteiger partial charge in [0.15, 0.2) is 0 Å². The zero-order chi connectivity index (χ0) is 13.1. The molecule has 2 rings (SSSR count). The SMILES string of the molecule is CCCC1CCCCN1C(=O)c1cc(Br)c(Br)s1. The Bertz CT molecular complexity index is 411. The monoisotopic (exact) mass is 393 g/mol. The summed E-state index contributed by atoms with van der Waals surface area (Å²) in [6, 6.07) is 2.37. The van der Waals surface area contributed by atoms with Crippen LogP contribution in [0.5, 0.6) is 0 Å². The van der Waals surface area contributed by atoms with E-state index < -0.39 is 0 Å². The molecule has 5 heteroatoms. The number of nitrogens with zero attached hydrogens (tertiary/aromatic N) is 1.